The van der Waals surface area contributed by atoms with E-state index in [1.54, 1.807) is 18.3 Å². The smallest absolute Gasteiger partial charge is 0.342 e. The van der Waals surface area contributed by atoms with Crippen LogP contribution in [0.3, 0.4) is 0 Å². The molecule has 0 spiro atoms. The van der Waals surface area contributed by atoms with Gasteiger partial charge in [0, 0.05) is 38.9 Å². The zero-order valence-corrected chi connectivity index (χ0v) is 22.7. The molecule has 3 aromatic rings. The van der Waals surface area contributed by atoms with Gasteiger partial charge in [0.25, 0.3) is 0 Å². The molecule has 1 aliphatic rings. The number of carbonyl (C=O) groups is 1. The minimum absolute atomic E-state index is 0.157. The van der Waals surface area contributed by atoms with Crippen molar-refractivity contribution in [2.24, 2.45) is 0 Å². The van der Waals surface area contributed by atoms with E-state index in [9.17, 15) is 4.79 Å². The van der Waals surface area contributed by atoms with Crippen LogP contribution in [0.5, 0.6) is 5.75 Å². The number of ether oxygens (including phenoxy) is 2. The first-order chi connectivity index (χ1) is 17.7. The molecule has 0 bridgehead atoms. The molecule has 0 aliphatic carbocycles. The van der Waals surface area contributed by atoms with Gasteiger partial charge in [0.15, 0.2) is 0 Å². The average Bonchev–Trinajstić information content (AvgIpc) is 2.88. The number of esters is 1. The summed E-state index contributed by atoms with van der Waals surface area (Å²) in [5, 5.41) is 0. The van der Waals surface area contributed by atoms with Crippen LogP contribution in [-0.4, -0.2) is 48.1 Å². The standard InChI is InChI=1S/C31H39N3O3/c1-23(2)37-30(35)28-7-6-16-32-29(28)34-19-17-33(18-20-34)21-24-10-14-27(15-11-24)36-22-25-8-12-26(13-9-25)31(3,4)5/h6-16,23H,17-22H2,1-5H3. The molecule has 1 fully saturated rings. The quantitative estimate of drug-likeness (QED) is 0.361. The van der Waals surface area contributed by atoms with Crippen LogP contribution in [0.4, 0.5) is 5.82 Å². The van der Waals surface area contributed by atoms with Crippen molar-refractivity contribution in [1.82, 2.24) is 9.88 Å². The molecule has 2 aromatic carbocycles. The van der Waals surface area contributed by atoms with Crippen LogP contribution in [0.25, 0.3) is 0 Å². The molecule has 6 nitrogen and oxygen atoms in total. The third-order valence-electron chi connectivity index (χ3n) is 6.58. The molecule has 0 saturated carbocycles. The largest absolute Gasteiger partial charge is 0.489 e. The summed E-state index contributed by atoms with van der Waals surface area (Å²) < 4.78 is 11.4. The highest BCUT2D eigenvalue weighted by Gasteiger charge is 2.23. The predicted molar refractivity (Wildman–Crippen MR) is 148 cm³/mol. The van der Waals surface area contributed by atoms with Gasteiger partial charge in [0.2, 0.25) is 0 Å². The normalized spacial score (nSPS) is 14.6. The van der Waals surface area contributed by atoms with E-state index in [0.717, 1.165) is 38.5 Å². The van der Waals surface area contributed by atoms with E-state index in [-0.39, 0.29) is 17.5 Å². The second-order valence-corrected chi connectivity index (χ2v) is 11.0. The van der Waals surface area contributed by atoms with E-state index in [2.05, 4.69) is 84.1 Å². The van der Waals surface area contributed by atoms with Crippen molar-refractivity contribution in [3.05, 3.63) is 89.1 Å². The summed E-state index contributed by atoms with van der Waals surface area (Å²) in [6.45, 7) is 15.3. The molecule has 0 amide bonds. The van der Waals surface area contributed by atoms with Crippen molar-refractivity contribution in [2.45, 2.75) is 59.3 Å². The summed E-state index contributed by atoms with van der Waals surface area (Å²) in [4.78, 5) is 21.6. The SMILES string of the molecule is CC(C)OC(=O)c1cccnc1N1CCN(Cc2ccc(OCc3ccc(C(C)(C)C)cc3)cc2)CC1. The fraction of sp³-hybridized carbons (Fsp3) is 0.419. The Morgan fingerprint density at radius 1 is 0.919 bits per heavy atom. The number of hydrogen-bond acceptors (Lipinski definition) is 6. The number of hydrogen-bond donors (Lipinski definition) is 0. The molecule has 1 saturated heterocycles. The predicted octanol–water partition coefficient (Wildman–Crippen LogP) is 5.85. The minimum atomic E-state index is -0.315. The van der Waals surface area contributed by atoms with Crippen molar-refractivity contribution >= 4 is 11.8 Å². The number of anilines is 1. The second kappa shape index (κ2) is 11.8. The maximum absolute atomic E-state index is 12.5. The first-order valence-electron chi connectivity index (χ1n) is 13.1. The molecule has 196 valence electrons. The lowest BCUT2D eigenvalue weighted by Gasteiger charge is -2.36. The van der Waals surface area contributed by atoms with Crippen molar-refractivity contribution < 1.29 is 14.3 Å². The Balaban J connectivity index is 1.27. The summed E-state index contributed by atoms with van der Waals surface area (Å²) in [7, 11) is 0. The van der Waals surface area contributed by atoms with Crippen molar-refractivity contribution in [3.63, 3.8) is 0 Å². The maximum Gasteiger partial charge on any atom is 0.342 e. The Bertz CT molecular complexity index is 1160. The van der Waals surface area contributed by atoms with Crippen LogP contribution < -0.4 is 9.64 Å². The molecule has 0 radical (unpaired) electrons. The Hall–Kier alpha value is -3.38. The highest BCUT2D eigenvalue weighted by molar-refractivity contribution is 5.94. The van der Waals surface area contributed by atoms with E-state index < -0.39 is 0 Å². The number of rotatable bonds is 8. The van der Waals surface area contributed by atoms with Gasteiger partial charge in [-0.25, -0.2) is 9.78 Å². The molecule has 1 aromatic heterocycles. The first kappa shape index (κ1) is 26.7. The van der Waals surface area contributed by atoms with Crippen LogP contribution >= 0.6 is 0 Å². The van der Waals surface area contributed by atoms with Crippen LogP contribution in [0.15, 0.2) is 66.9 Å². The van der Waals surface area contributed by atoms with Crippen LogP contribution in [-0.2, 0) is 23.3 Å². The van der Waals surface area contributed by atoms with E-state index in [4.69, 9.17) is 9.47 Å². The molecule has 0 N–H and O–H groups in total. The Kier molecular flexibility index (Phi) is 8.49. The number of aromatic nitrogens is 1. The molecule has 0 atom stereocenters. The van der Waals surface area contributed by atoms with Gasteiger partial charge in [-0.1, -0.05) is 57.2 Å². The Morgan fingerprint density at radius 3 is 2.19 bits per heavy atom. The van der Waals surface area contributed by atoms with Gasteiger partial charge in [-0.3, -0.25) is 4.90 Å². The molecular weight excluding hydrogens is 462 g/mol. The third-order valence-corrected chi connectivity index (χ3v) is 6.58. The van der Waals surface area contributed by atoms with Crippen molar-refractivity contribution in [2.75, 3.05) is 31.1 Å². The highest BCUT2D eigenvalue weighted by Crippen LogP contribution is 2.24. The van der Waals surface area contributed by atoms with Crippen molar-refractivity contribution in [3.8, 4) is 5.75 Å². The first-order valence-corrected chi connectivity index (χ1v) is 13.1. The zero-order chi connectivity index (χ0) is 26.4. The van der Waals surface area contributed by atoms with Gasteiger partial charge in [-0.2, -0.15) is 0 Å². The number of piperazine rings is 1. The lowest BCUT2D eigenvalue weighted by atomic mass is 9.87. The van der Waals surface area contributed by atoms with Gasteiger partial charge in [-0.05, 0) is 60.2 Å². The zero-order valence-electron chi connectivity index (χ0n) is 22.7. The van der Waals surface area contributed by atoms with Gasteiger partial charge < -0.3 is 14.4 Å². The Labute approximate surface area is 221 Å². The minimum Gasteiger partial charge on any atom is -0.489 e. The number of pyridine rings is 1. The summed E-state index contributed by atoms with van der Waals surface area (Å²) in [6.07, 6.45) is 1.58. The van der Waals surface area contributed by atoms with E-state index in [1.165, 1.54) is 16.7 Å². The molecule has 1 aliphatic heterocycles. The summed E-state index contributed by atoms with van der Waals surface area (Å²) in [5.41, 5.74) is 4.45. The van der Waals surface area contributed by atoms with Crippen molar-refractivity contribution in [1.29, 1.82) is 0 Å². The number of carbonyl (C=O) groups excluding carboxylic acids is 1. The number of nitrogens with zero attached hydrogens (tertiary/aromatic N) is 3. The lowest BCUT2D eigenvalue weighted by molar-refractivity contribution is 0.0378. The summed E-state index contributed by atoms with van der Waals surface area (Å²) in [5.74, 6) is 1.27. The van der Waals surface area contributed by atoms with Gasteiger partial charge in [0.05, 0.1) is 6.10 Å². The molecule has 0 unspecified atom stereocenters. The van der Waals surface area contributed by atoms with Gasteiger partial charge >= 0.3 is 5.97 Å². The maximum atomic E-state index is 12.5. The van der Waals surface area contributed by atoms with Gasteiger partial charge in [0.1, 0.15) is 23.7 Å². The molecule has 6 heteroatoms. The lowest BCUT2D eigenvalue weighted by Crippen LogP contribution is -2.46. The highest BCUT2D eigenvalue weighted by atomic mass is 16.5. The van der Waals surface area contributed by atoms with E-state index >= 15 is 0 Å². The fourth-order valence-electron chi connectivity index (χ4n) is 4.42. The van der Waals surface area contributed by atoms with E-state index in [1.807, 2.05) is 13.8 Å². The molecular formula is C31H39N3O3. The van der Waals surface area contributed by atoms with Crippen LogP contribution in [0, 0.1) is 0 Å². The molecule has 4 rings (SSSR count). The molecule has 37 heavy (non-hydrogen) atoms. The van der Waals surface area contributed by atoms with Crippen LogP contribution in [0.2, 0.25) is 0 Å². The number of benzene rings is 2. The third kappa shape index (κ3) is 7.32. The fourth-order valence-corrected chi connectivity index (χ4v) is 4.42. The van der Waals surface area contributed by atoms with Gasteiger partial charge in [-0.15, -0.1) is 0 Å². The molecule has 2 heterocycles. The summed E-state index contributed by atoms with van der Waals surface area (Å²) in [6, 6.07) is 20.6. The second-order valence-electron chi connectivity index (χ2n) is 11.0. The van der Waals surface area contributed by atoms with E-state index in [0.29, 0.717) is 18.0 Å². The monoisotopic (exact) mass is 501 g/mol. The Morgan fingerprint density at radius 2 is 1.57 bits per heavy atom. The average molecular weight is 502 g/mol. The topological polar surface area (TPSA) is 54.9 Å². The summed E-state index contributed by atoms with van der Waals surface area (Å²) >= 11 is 0. The van der Waals surface area contributed by atoms with Crippen LogP contribution in [0.1, 0.15) is 61.7 Å².